The standard InChI is InChI=1S/C13H14BrNOS/c1-15-13(11-7-17-8-12(11)14)9-3-5-10(16-2)6-4-9/h3-8,13,15H,1-2H3. The monoisotopic (exact) mass is 311 g/mol. The smallest absolute Gasteiger partial charge is 0.118 e. The van der Waals surface area contributed by atoms with Crippen molar-refractivity contribution in [1.29, 1.82) is 0 Å². The van der Waals surface area contributed by atoms with Crippen molar-refractivity contribution in [1.82, 2.24) is 5.32 Å². The molecule has 2 nitrogen and oxygen atoms in total. The first-order valence-corrected chi connectivity index (χ1v) is 7.02. The van der Waals surface area contributed by atoms with Gasteiger partial charge in [-0.05, 0) is 51.6 Å². The number of benzene rings is 1. The van der Waals surface area contributed by atoms with Gasteiger partial charge in [0.2, 0.25) is 0 Å². The third-order valence-electron chi connectivity index (χ3n) is 2.69. The van der Waals surface area contributed by atoms with Crippen molar-refractivity contribution in [2.45, 2.75) is 6.04 Å². The van der Waals surface area contributed by atoms with E-state index in [1.807, 2.05) is 19.2 Å². The molecule has 0 spiro atoms. The maximum absolute atomic E-state index is 5.17. The second-order valence-electron chi connectivity index (χ2n) is 3.67. The first kappa shape index (κ1) is 12.6. The molecule has 1 N–H and O–H groups in total. The molecule has 1 aromatic carbocycles. The summed E-state index contributed by atoms with van der Waals surface area (Å²) in [7, 11) is 3.65. The van der Waals surface area contributed by atoms with Crippen LogP contribution in [0.2, 0.25) is 0 Å². The second-order valence-corrected chi connectivity index (χ2v) is 5.27. The number of rotatable bonds is 4. The van der Waals surface area contributed by atoms with E-state index in [9.17, 15) is 0 Å². The van der Waals surface area contributed by atoms with E-state index in [2.05, 4.69) is 44.1 Å². The van der Waals surface area contributed by atoms with Gasteiger partial charge in [-0.2, -0.15) is 11.3 Å². The Morgan fingerprint density at radius 3 is 2.41 bits per heavy atom. The Morgan fingerprint density at radius 1 is 1.24 bits per heavy atom. The molecule has 0 aliphatic heterocycles. The van der Waals surface area contributed by atoms with Gasteiger partial charge in [-0.15, -0.1) is 0 Å². The highest BCUT2D eigenvalue weighted by atomic mass is 79.9. The molecule has 4 heteroatoms. The minimum absolute atomic E-state index is 0.210. The van der Waals surface area contributed by atoms with Crippen LogP contribution in [0.15, 0.2) is 39.5 Å². The Labute approximate surface area is 114 Å². The summed E-state index contributed by atoms with van der Waals surface area (Å²) in [5, 5.41) is 7.60. The van der Waals surface area contributed by atoms with E-state index >= 15 is 0 Å². The summed E-state index contributed by atoms with van der Waals surface area (Å²) in [5.74, 6) is 0.882. The summed E-state index contributed by atoms with van der Waals surface area (Å²) in [6, 6.07) is 8.36. The number of nitrogens with one attached hydrogen (secondary N) is 1. The lowest BCUT2D eigenvalue weighted by Crippen LogP contribution is -2.17. The van der Waals surface area contributed by atoms with Crippen LogP contribution in [-0.2, 0) is 0 Å². The first-order valence-electron chi connectivity index (χ1n) is 5.29. The zero-order valence-corrected chi connectivity index (χ0v) is 12.1. The molecule has 0 amide bonds. The summed E-state index contributed by atoms with van der Waals surface area (Å²) < 4.78 is 6.32. The third-order valence-corrected chi connectivity index (χ3v) is 4.44. The largest absolute Gasteiger partial charge is 0.497 e. The van der Waals surface area contributed by atoms with Gasteiger partial charge in [0.25, 0.3) is 0 Å². The van der Waals surface area contributed by atoms with Crippen molar-refractivity contribution >= 4 is 27.3 Å². The Bertz CT molecular complexity index is 480. The van der Waals surface area contributed by atoms with Gasteiger partial charge in [0.15, 0.2) is 0 Å². The minimum atomic E-state index is 0.210. The summed E-state index contributed by atoms with van der Waals surface area (Å²) in [4.78, 5) is 0. The molecule has 90 valence electrons. The fourth-order valence-corrected chi connectivity index (χ4v) is 3.35. The summed E-state index contributed by atoms with van der Waals surface area (Å²) in [6.45, 7) is 0. The van der Waals surface area contributed by atoms with Crippen molar-refractivity contribution in [3.05, 3.63) is 50.6 Å². The number of thiophene rings is 1. The van der Waals surface area contributed by atoms with Gasteiger partial charge in [-0.3, -0.25) is 0 Å². The van der Waals surface area contributed by atoms with Crippen molar-refractivity contribution in [2.24, 2.45) is 0 Å². The maximum atomic E-state index is 5.17. The predicted octanol–water partition coefficient (Wildman–Crippen LogP) is 3.83. The molecular formula is C13H14BrNOS. The van der Waals surface area contributed by atoms with Crippen LogP contribution in [0.5, 0.6) is 5.75 Å². The maximum Gasteiger partial charge on any atom is 0.118 e. The van der Waals surface area contributed by atoms with Crippen LogP contribution in [0.1, 0.15) is 17.2 Å². The van der Waals surface area contributed by atoms with Crippen molar-refractivity contribution in [3.63, 3.8) is 0 Å². The topological polar surface area (TPSA) is 21.3 Å². The molecule has 0 radical (unpaired) electrons. The summed E-state index contributed by atoms with van der Waals surface area (Å²) >= 11 is 5.28. The molecule has 0 fully saturated rings. The highest BCUT2D eigenvalue weighted by molar-refractivity contribution is 9.10. The van der Waals surface area contributed by atoms with Gasteiger partial charge in [0.05, 0.1) is 13.2 Å². The molecule has 2 aromatic rings. The van der Waals surface area contributed by atoms with Gasteiger partial charge in [-0.25, -0.2) is 0 Å². The lowest BCUT2D eigenvalue weighted by molar-refractivity contribution is 0.414. The highest BCUT2D eigenvalue weighted by Crippen LogP contribution is 2.31. The molecule has 0 bridgehead atoms. The van der Waals surface area contributed by atoms with Crippen LogP contribution >= 0.6 is 27.3 Å². The zero-order valence-electron chi connectivity index (χ0n) is 9.74. The average Bonchev–Trinajstić information content (AvgIpc) is 2.78. The molecule has 0 aliphatic carbocycles. The van der Waals surface area contributed by atoms with E-state index < -0.39 is 0 Å². The summed E-state index contributed by atoms with van der Waals surface area (Å²) in [6.07, 6.45) is 0. The molecule has 1 heterocycles. The zero-order chi connectivity index (χ0) is 12.3. The van der Waals surface area contributed by atoms with Gasteiger partial charge in [0, 0.05) is 9.85 Å². The Morgan fingerprint density at radius 2 is 1.94 bits per heavy atom. The second kappa shape index (κ2) is 5.67. The van der Waals surface area contributed by atoms with E-state index in [0.717, 1.165) is 10.2 Å². The average molecular weight is 312 g/mol. The van der Waals surface area contributed by atoms with E-state index in [-0.39, 0.29) is 6.04 Å². The highest BCUT2D eigenvalue weighted by Gasteiger charge is 2.15. The molecule has 1 aromatic heterocycles. The number of halogens is 1. The van der Waals surface area contributed by atoms with E-state index in [4.69, 9.17) is 4.74 Å². The molecule has 17 heavy (non-hydrogen) atoms. The van der Waals surface area contributed by atoms with Crippen LogP contribution < -0.4 is 10.1 Å². The first-order chi connectivity index (χ1) is 8.26. The molecule has 0 saturated carbocycles. The Kier molecular flexibility index (Phi) is 4.20. The lowest BCUT2D eigenvalue weighted by Gasteiger charge is -2.16. The number of hydrogen-bond acceptors (Lipinski definition) is 3. The quantitative estimate of drug-likeness (QED) is 0.926. The Hall–Kier alpha value is -0.840. The molecule has 1 unspecified atom stereocenters. The molecular weight excluding hydrogens is 298 g/mol. The molecule has 0 saturated heterocycles. The molecule has 1 atom stereocenters. The Balaban J connectivity index is 2.32. The van der Waals surface area contributed by atoms with Crippen molar-refractivity contribution in [3.8, 4) is 5.75 Å². The summed E-state index contributed by atoms with van der Waals surface area (Å²) in [5.41, 5.74) is 2.50. The fraction of sp³-hybridized carbons (Fsp3) is 0.231. The number of ether oxygens (including phenoxy) is 1. The lowest BCUT2D eigenvalue weighted by atomic mass is 10.0. The minimum Gasteiger partial charge on any atom is -0.497 e. The number of methoxy groups -OCH3 is 1. The van der Waals surface area contributed by atoms with E-state index in [0.29, 0.717) is 0 Å². The van der Waals surface area contributed by atoms with Gasteiger partial charge in [-0.1, -0.05) is 12.1 Å². The van der Waals surface area contributed by atoms with Crippen LogP contribution in [0.3, 0.4) is 0 Å². The van der Waals surface area contributed by atoms with Crippen LogP contribution in [0.4, 0.5) is 0 Å². The van der Waals surface area contributed by atoms with Gasteiger partial charge < -0.3 is 10.1 Å². The van der Waals surface area contributed by atoms with Gasteiger partial charge in [0.1, 0.15) is 5.75 Å². The van der Waals surface area contributed by atoms with Crippen molar-refractivity contribution < 1.29 is 4.74 Å². The van der Waals surface area contributed by atoms with E-state index in [1.165, 1.54) is 11.1 Å². The van der Waals surface area contributed by atoms with Crippen LogP contribution in [0, 0.1) is 0 Å². The van der Waals surface area contributed by atoms with E-state index in [1.54, 1.807) is 18.4 Å². The third kappa shape index (κ3) is 2.70. The predicted molar refractivity (Wildman–Crippen MR) is 75.9 cm³/mol. The fourth-order valence-electron chi connectivity index (χ4n) is 1.80. The van der Waals surface area contributed by atoms with Crippen molar-refractivity contribution in [2.75, 3.05) is 14.2 Å². The molecule has 0 aliphatic rings. The van der Waals surface area contributed by atoms with Gasteiger partial charge >= 0.3 is 0 Å². The van der Waals surface area contributed by atoms with Crippen LogP contribution in [-0.4, -0.2) is 14.2 Å². The number of hydrogen-bond donors (Lipinski definition) is 1. The SMILES string of the molecule is CNC(c1ccc(OC)cc1)c1cscc1Br. The molecule has 2 rings (SSSR count). The van der Waals surface area contributed by atoms with Crippen LogP contribution in [0.25, 0.3) is 0 Å². The normalized spacial score (nSPS) is 12.4.